The number of hydrogen-bond acceptors (Lipinski definition) is 6. The monoisotopic (exact) mass is 332 g/mol. The second-order valence-electron chi connectivity index (χ2n) is 5.73. The lowest BCUT2D eigenvalue weighted by atomic mass is 10.2. The van der Waals surface area contributed by atoms with Gasteiger partial charge in [0.05, 0.1) is 11.3 Å². The Kier molecular flexibility index (Phi) is 4.97. The van der Waals surface area contributed by atoms with Crippen LogP contribution in [-0.4, -0.2) is 28.6 Å². The van der Waals surface area contributed by atoms with Gasteiger partial charge in [-0.15, -0.1) is 11.8 Å². The van der Waals surface area contributed by atoms with E-state index in [1.54, 1.807) is 6.92 Å². The summed E-state index contributed by atoms with van der Waals surface area (Å²) in [5, 5.41) is 6.70. The van der Waals surface area contributed by atoms with E-state index in [1.165, 1.54) is 24.6 Å². The summed E-state index contributed by atoms with van der Waals surface area (Å²) < 4.78 is 5.10. The van der Waals surface area contributed by atoms with Gasteiger partial charge in [-0.05, 0) is 37.8 Å². The Morgan fingerprint density at radius 3 is 2.96 bits per heavy atom. The second kappa shape index (κ2) is 7.14. The zero-order valence-corrected chi connectivity index (χ0v) is 13.8. The van der Waals surface area contributed by atoms with E-state index in [9.17, 15) is 4.79 Å². The molecule has 3 N–H and O–H groups in total. The zero-order chi connectivity index (χ0) is 16.2. The van der Waals surface area contributed by atoms with Crippen molar-refractivity contribution in [2.45, 2.75) is 36.5 Å². The molecule has 3 rings (SSSR count). The Labute approximate surface area is 139 Å². The van der Waals surface area contributed by atoms with Crippen molar-refractivity contribution in [3.8, 4) is 0 Å². The summed E-state index contributed by atoms with van der Waals surface area (Å²) in [6, 6.07) is 7.56. The highest BCUT2D eigenvalue weighted by Gasteiger charge is 2.28. The largest absolute Gasteiger partial charge is 0.350 e. The first-order valence-electron chi connectivity index (χ1n) is 7.68. The van der Waals surface area contributed by atoms with Crippen LogP contribution in [0.1, 0.15) is 34.9 Å². The summed E-state index contributed by atoms with van der Waals surface area (Å²) in [6.07, 6.45) is 2.35. The quantitative estimate of drug-likeness (QED) is 0.755. The minimum atomic E-state index is -0.0918. The minimum absolute atomic E-state index is 0.0557. The fourth-order valence-electron chi connectivity index (χ4n) is 2.32. The predicted octanol–water partition coefficient (Wildman–Crippen LogP) is 2.14. The molecule has 122 valence electrons. The molecule has 6 nitrogen and oxygen atoms in total. The Balaban J connectivity index is 1.60. The lowest BCUT2D eigenvalue weighted by molar-refractivity contribution is 0.0947. The molecule has 1 amide bonds. The molecule has 1 atom stereocenters. The van der Waals surface area contributed by atoms with Crippen molar-refractivity contribution in [1.82, 2.24) is 15.5 Å². The molecule has 7 heteroatoms. The Hall–Kier alpha value is -1.86. The molecular formula is C16H20N4O2S. The van der Waals surface area contributed by atoms with Crippen LogP contribution in [0.3, 0.4) is 0 Å². The highest BCUT2D eigenvalue weighted by molar-refractivity contribution is 7.98. The van der Waals surface area contributed by atoms with Gasteiger partial charge in [0, 0.05) is 17.5 Å². The maximum absolute atomic E-state index is 12.4. The summed E-state index contributed by atoms with van der Waals surface area (Å²) in [6.45, 7) is 2.30. The maximum atomic E-state index is 12.4. The van der Waals surface area contributed by atoms with Gasteiger partial charge in [0.2, 0.25) is 5.89 Å². The zero-order valence-electron chi connectivity index (χ0n) is 13.0. The van der Waals surface area contributed by atoms with Crippen molar-refractivity contribution < 1.29 is 9.32 Å². The van der Waals surface area contributed by atoms with Crippen LogP contribution in [0, 0.1) is 12.8 Å². The first kappa shape index (κ1) is 16.0. The number of nitrogens with two attached hydrogens (primary N) is 1. The second-order valence-corrected chi connectivity index (χ2v) is 6.75. The van der Waals surface area contributed by atoms with Gasteiger partial charge < -0.3 is 15.6 Å². The molecule has 1 aromatic heterocycles. The van der Waals surface area contributed by atoms with Gasteiger partial charge in [0.15, 0.2) is 5.82 Å². The molecule has 1 fully saturated rings. The fraction of sp³-hybridized carbons (Fsp3) is 0.438. The van der Waals surface area contributed by atoms with Gasteiger partial charge >= 0.3 is 0 Å². The Bertz CT molecular complexity index is 684. The average Bonchev–Trinajstić information content (AvgIpc) is 3.33. The average molecular weight is 332 g/mol. The van der Waals surface area contributed by atoms with E-state index in [2.05, 4.69) is 15.5 Å². The number of carbonyl (C=O) groups is 1. The molecular weight excluding hydrogens is 312 g/mol. The topological polar surface area (TPSA) is 94.0 Å². The molecule has 1 aromatic carbocycles. The number of benzene rings is 1. The number of aromatic nitrogens is 2. The maximum Gasteiger partial charge on any atom is 0.252 e. The van der Waals surface area contributed by atoms with Gasteiger partial charge in [-0.1, -0.05) is 17.3 Å². The molecule has 1 heterocycles. The summed E-state index contributed by atoms with van der Waals surface area (Å²) in [5.74, 6) is 2.18. The molecule has 0 saturated heterocycles. The standard InChI is InChI=1S/C16H20N4O2S/c1-10-19-15(22-20-10)9-23-14-5-3-2-4-12(14)16(21)18-8-13(17)11-6-7-11/h2-5,11,13H,6-9,17H2,1H3,(H,18,21). The van der Waals surface area contributed by atoms with Crippen LogP contribution < -0.4 is 11.1 Å². The Morgan fingerprint density at radius 2 is 2.26 bits per heavy atom. The van der Waals surface area contributed by atoms with Gasteiger partial charge in [-0.25, -0.2) is 0 Å². The number of aryl methyl sites for hydroxylation is 1. The van der Waals surface area contributed by atoms with Crippen LogP contribution >= 0.6 is 11.8 Å². The van der Waals surface area contributed by atoms with E-state index in [4.69, 9.17) is 10.3 Å². The lowest BCUT2D eigenvalue weighted by Gasteiger charge is -2.13. The molecule has 1 saturated carbocycles. The lowest BCUT2D eigenvalue weighted by Crippen LogP contribution is -2.38. The number of thioether (sulfide) groups is 1. The van der Waals surface area contributed by atoms with Crippen molar-refractivity contribution >= 4 is 17.7 Å². The van der Waals surface area contributed by atoms with Gasteiger partial charge in [0.25, 0.3) is 5.91 Å². The molecule has 0 spiro atoms. The summed E-state index contributed by atoms with van der Waals surface area (Å²) >= 11 is 1.51. The molecule has 1 aliphatic rings. The number of nitrogens with one attached hydrogen (secondary N) is 1. The first-order chi connectivity index (χ1) is 11.1. The van der Waals surface area contributed by atoms with Crippen molar-refractivity contribution in [3.05, 3.63) is 41.5 Å². The van der Waals surface area contributed by atoms with E-state index in [-0.39, 0.29) is 11.9 Å². The van der Waals surface area contributed by atoms with E-state index < -0.39 is 0 Å². The van der Waals surface area contributed by atoms with Gasteiger partial charge in [-0.2, -0.15) is 4.98 Å². The van der Waals surface area contributed by atoms with Crippen LogP contribution in [-0.2, 0) is 5.75 Å². The summed E-state index contributed by atoms with van der Waals surface area (Å²) in [4.78, 5) is 17.5. The van der Waals surface area contributed by atoms with Gasteiger partial charge in [-0.3, -0.25) is 4.79 Å². The van der Waals surface area contributed by atoms with Crippen LogP contribution in [0.4, 0.5) is 0 Å². The predicted molar refractivity (Wildman–Crippen MR) is 88.1 cm³/mol. The smallest absolute Gasteiger partial charge is 0.252 e. The number of carbonyl (C=O) groups excluding carboxylic acids is 1. The third kappa shape index (κ3) is 4.33. The van der Waals surface area contributed by atoms with Crippen LogP contribution in [0.15, 0.2) is 33.7 Å². The van der Waals surface area contributed by atoms with Crippen molar-refractivity contribution in [1.29, 1.82) is 0 Å². The number of rotatable bonds is 7. The highest BCUT2D eigenvalue weighted by atomic mass is 32.2. The molecule has 2 aromatic rings. The molecule has 0 bridgehead atoms. The minimum Gasteiger partial charge on any atom is -0.350 e. The molecule has 0 aliphatic heterocycles. The van der Waals surface area contributed by atoms with Crippen LogP contribution in [0.2, 0.25) is 0 Å². The molecule has 1 unspecified atom stereocenters. The van der Waals surface area contributed by atoms with Crippen molar-refractivity contribution in [2.24, 2.45) is 11.7 Å². The van der Waals surface area contributed by atoms with Crippen molar-refractivity contribution in [3.63, 3.8) is 0 Å². The van der Waals surface area contributed by atoms with Gasteiger partial charge in [0.1, 0.15) is 0 Å². The third-order valence-electron chi connectivity index (χ3n) is 3.78. The van der Waals surface area contributed by atoms with Crippen LogP contribution in [0.5, 0.6) is 0 Å². The third-order valence-corrected chi connectivity index (χ3v) is 4.84. The SMILES string of the molecule is Cc1noc(CSc2ccccc2C(=O)NCC(N)C2CC2)n1. The van der Waals surface area contributed by atoms with Crippen LogP contribution in [0.25, 0.3) is 0 Å². The normalized spacial score (nSPS) is 15.4. The number of hydrogen-bond donors (Lipinski definition) is 2. The fourth-order valence-corrected chi connectivity index (χ4v) is 3.20. The first-order valence-corrected chi connectivity index (χ1v) is 8.67. The van der Waals surface area contributed by atoms with E-state index in [0.29, 0.717) is 35.5 Å². The number of nitrogens with zero attached hydrogens (tertiary/aromatic N) is 2. The highest BCUT2D eigenvalue weighted by Crippen LogP contribution is 2.31. The molecule has 1 aliphatic carbocycles. The van der Waals surface area contributed by atoms with E-state index in [1.807, 2.05) is 24.3 Å². The van der Waals surface area contributed by atoms with E-state index >= 15 is 0 Å². The molecule has 23 heavy (non-hydrogen) atoms. The van der Waals surface area contributed by atoms with Crippen molar-refractivity contribution in [2.75, 3.05) is 6.54 Å². The summed E-state index contributed by atoms with van der Waals surface area (Å²) in [5.41, 5.74) is 6.68. The molecule has 0 radical (unpaired) electrons. The summed E-state index contributed by atoms with van der Waals surface area (Å²) in [7, 11) is 0. The Morgan fingerprint density at radius 1 is 1.48 bits per heavy atom. The van der Waals surface area contributed by atoms with E-state index in [0.717, 1.165) is 4.90 Å². The number of amides is 1.